The van der Waals surface area contributed by atoms with E-state index in [9.17, 15) is 9.59 Å². The fourth-order valence-corrected chi connectivity index (χ4v) is 4.51. The van der Waals surface area contributed by atoms with Crippen LogP contribution in [0, 0.1) is 13.8 Å². The molecule has 5 nitrogen and oxygen atoms in total. The van der Waals surface area contributed by atoms with E-state index in [1.807, 2.05) is 54.0 Å². The van der Waals surface area contributed by atoms with Gasteiger partial charge in [0.15, 0.2) is 0 Å². The molecule has 152 valence electrons. The Kier molecular flexibility index (Phi) is 5.67. The van der Waals surface area contributed by atoms with E-state index in [0.717, 1.165) is 42.7 Å². The number of para-hydroxylation sites is 1. The Labute approximate surface area is 172 Å². The molecular formula is C24H29N3O2. The first-order valence-corrected chi connectivity index (χ1v) is 10.5. The lowest BCUT2D eigenvalue weighted by atomic mass is 9.93. The predicted octanol–water partition coefficient (Wildman–Crippen LogP) is 3.29. The third kappa shape index (κ3) is 4.20. The lowest BCUT2D eigenvalue weighted by Crippen LogP contribution is -2.53. The second-order valence-corrected chi connectivity index (χ2v) is 8.24. The fraction of sp³-hybridized carbons (Fsp3) is 0.417. The minimum Gasteiger partial charge on any atom is -0.341 e. The van der Waals surface area contributed by atoms with Gasteiger partial charge in [-0.2, -0.15) is 0 Å². The highest BCUT2D eigenvalue weighted by Gasteiger charge is 2.35. The van der Waals surface area contributed by atoms with Crippen molar-refractivity contribution in [1.29, 1.82) is 0 Å². The van der Waals surface area contributed by atoms with Crippen LogP contribution in [0.5, 0.6) is 0 Å². The summed E-state index contributed by atoms with van der Waals surface area (Å²) >= 11 is 0. The van der Waals surface area contributed by atoms with Crippen LogP contribution in [0.3, 0.4) is 0 Å². The van der Waals surface area contributed by atoms with E-state index < -0.39 is 0 Å². The van der Waals surface area contributed by atoms with Crippen LogP contribution < -0.4 is 5.32 Å². The number of anilines is 1. The monoisotopic (exact) mass is 391 g/mol. The highest BCUT2D eigenvalue weighted by Crippen LogP contribution is 2.26. The van der Waals surface area contributed by atoms with Crippen molar-refractivity contribution in [2.75, 3.05) is 25.0 Å². The van der Waals surface area contributed by atoms with Gasteiger partial charge in [0.05, 0.1) is 12.6 Å². The summed E-state index contributed by atoms with van der Waals surface area (Å²) in [6.45, 7) is 6.50. The Balaban J connectivity index is 1.54. The summed E-state index contributed by atoms with van der Waals surface area (Å²) in [6.07, 6.45) is 2.81. The number of fused-ring (bicyclic) bond motifs is 1. The molecule has 0 aliphatic carbocycles. The molecule has 5 heteroatoms. The molecule has 0 saturated carbocycles. The van der Waals surface area contributed by atoms with Crippen LogP contribution in [0.4, 0.5) is 5.69 Å². The molecule has 1 atom stereocenters. The number of hydrogen-bond donors (Lipinski definition) is 1. The van der Waals surface area contributed by atoms with Gasteiger partial charge in [-0.25, -0.2) is 0 Å². The van der Waals surface area contributed by atoms with Crippen LogP contribution in [-0.2, 0) is 22.6 Å². The van der Waals surface area contributed by atoms with Gasteiger partial charge >= 0.3 is 0 Å². The van der Waals surface area contributed by atoms with Gasteiger partial charge in [0, 0.05) is 25.3 Å². The molecule has 2 aliphatic heterocycles. The summed E-state index contributed by atoms with van der Waals surface area (Å²) in [5, 5.41) is 3.07. The molecule has 2 aromatic rings. The number of nitrogens with zero attached hydrogens (tertiary/aromatic N) is 2. The minimum absolute atomic E-state index is 0.0685. The highest BCUT2D eigenvalue weighted by molar-refractivity contribution is 5.94. The molecule has 2 amide bonds. The first-order valence-electron chi connectivity index (χ1n) is 10.5. The Morgan fingerprint density at radius 1 is 0.966 bits per heavy atom. The lowest BCUT2D eigenvalue weighted by Gasteiger charge is -2.37. The standard InChI is InChI=1S/C24H29N3O2/c1-17-8-7-9-18(2)23(17)25-22(28)16-27-15-20-11-4-3-10-19(20)14-21(27)24(29)26-12-5-6-13-26/h3-4,7-11,21H,5-6,12-16H2,1-2H3,(H,25,28)/t21-/m1/s1. The summed E-state index contributed by atoms with van der Waals surface area (Å²) in [5.74, 6) is 0.0953. The van der Waals surface area contributed by atoms with Gasteiger partial charge in [-0.3, -0.25) is 14.5 Å². The quantitative estimate of drug-likeness (QED) is 0.870. The molecule has 0 bridgehead atoms. The van der Waals surface area contributed by atoms with Crippen LogP contribution in [-0.4, -0.2) is 47.3 Å². The van der Waals surface area contributed by atoms with E-state index in [1.54, 1.807) is 0 Å². The zero-order valence-electron chi connectivity index (χ0n) is 17.3. The van der Waals surface area contributed by atoms with E-state index in [-0.39, 0.29) is 24.4 Å². The van der Waals surface area contributed by atoms with E-state index in [4.69, 9.17) is 0 Å². The van der Waals surface area contributed by atoms with Gasteiger partial charge < -0.3 is 10.2 Å². The molecule has 2 heterocycles. The van der Waals surface area contributed by atoms with Crippen LogP contribution >= 0.6 is 0 Å². The number of amides is 2. The number of carbonyl (C=O) groups excluding carboxylic acids is 2. The maximum absolute atomic E-state index is 13.2. The van der Waals surface area contributed by atoms with Crippen molar-refractivity contribution >= 4 is 17.5 Å². The number of likely N-dealkylation sites (tertiary alicyclic amines) is 1. The van der Waals surface area contributed by atoms with E-state index in [1.165, 1.54) is 11.1 Å². The second-order valence-electron chi connectivity index (χ2n) is 8.24. The van der Waals surface area contributed by atoms with Crippen molar-refractivity contribution in [3.63, 3.8) is 0 Å². The lowest BCUT2D eigenvalue weighted by molar-refractivity contribution is -0.137. The van der Waals surface area contributed by atoms with Gasteiger partial charge in [-0.05, 0) is 55.4 Å². The number of nitrogens with one attached hydrogen (secondary N) is 1. The molecule has 1 fully saturated rings. The van der Waals surface area contributed by atoms with Gasteiger partial charge in [-0.15, -0.1) is 0 Å². The molecule has 0 aromatic heterocycles. The third-order valence-corrected chi connectivity index (χ3v) is 6.14. The molecule has 0 spiro atoms. The zero-order chi connectivity index (χ0) is 20.4. The maximum Gasteiger partial charge on any atom is 0.240 e. The summed E-state index contributed by atoms with van der Waals surface area (Å²) < 4.78 is 0. The smallest absolute Gasteiger partial charge is 0.240 e. The average Bonchev–Trinajstić information content (AvgIpc) is 3.25. The predicted molar refractivity (Wildman–Crippen MR) is 115 cm³/mol. The minimum atomic E-state index is -0.272. The average molecular weight is 392 g/mol. The molecule has 29 heavy (non-hydrogen) atoms. The Bertz CT molecular complexity index is 898. The van der Waals surface area contributed by atoms with Crippen LogP contribution in [0.1, 0.15) is 35.1 Å². The fourth-order valence-electron chi connectivity index (χ4n) is 4.51. The molecule has 4 rings (SSSR count). The Morgan fingerprint density at radius 3 is 2.31 bits per heavy atom. The largest absolute Gasteiger partial charge is 0.341 e. The van der Waals surface area contributed by atoms with E-state index in [0.29, 0.717) is 13.0 Å². The molecule has 1 saturated heterocycles. The van der Waals surface area contributed by atoms with E-state index in [2.05, 4.69) is 17.4 Å². The zero-order valence-corrected chi connectivity index (χ0v) is 17.3. The van der Waals surface area contributed by atoms with Crippen molar-refractivity contribution in [1.82, 2.24) is 9.80 Å². The number of aryl methyl sites for hydroxylation is 2. The van der Waals surface area contributed by atoms with Crippen LogP contribution in [0.2, 0.25) is 0 Å². The van der Waals surface area contributed by atoms with Gasteiger partial charge in [-0.1, -0.05) is 42.5 Å². The normalized spacial score (nSPS) is 19.1. The third-order valence-electron chi connectivity index (χ3n) is 6.14. The summed E-state index contributed by atoms with van der Waals surface area (Å²) in [6, 6.07) is 14.0. The first kappa shape index (κ1) is 19.6. The van der Waals surface area contributed by atoms with Crippen molar-refractivity contribution in [3.05, 3.63) is 64.7 Å². The first-order chi connectivity index (χ1) is 14.0. The van der Waals surface area contributed by atoms with Gasteiger partial charge in [0.25, 0.3) is 0 Å². The maximum atomic E-state index is 13.2. The van der Waals surface area contributed by atoms with Crippen molar-refractivity contribution < 1.29 is 9.59 Å². The summed E-state index contributed by atoms with van der Waals surface area (Å²) in [4.78, 5) is 30.1. The van der Waals surface area contributed by atoms with Crippen LogP contribution in [0.25, 0.3) is 0 Å². The highest BCUT2D eigenvalue weighted by atomic mass is 16.2. The van der Waals surface area contributed by atoms with Gasteiger partial charge in [0.2, 0.25) is 11.8 Å². The summed E-state index contributed by atoms with van der Waals surface area (Å²) in [7, 11) is 0. The van der Waals surface area contributed by atoms with Crippen molar-refractivity contribution in [2.45, 2.75) is 45.7 Å². The Hall–Kier alpha value is -2.66. The molecule has 2 aliphatic rings. The SMILES string of the molecule is Cc1cccc(C)c1NC(=O)CN1Cc2ccccc2C[C@@H]1C(=O)N1CCCC1. The van der Waals surface area contributed by atoms with E-state index >= 15 is 0 Å². The van der Waals surface area contributed by atoms with Crippen LogP contribution in [0.15, 0.2) is 42.5 Å². The molecule has 2 aromatic carbocycles. The van der Waals surface area contributed by atoms with Crippen molar-refractivity contribution in [3.8, 4) is 0 Å². The number of benzene rings is 2. The Morgan fingerprint density at radius 2 is 1.62 bits per heavy atom. The summed E-state index contributed by atoms with van der Waals surface area (Å²) in [5.41, 5.74) is 5.39. The molecule has 1 N–H and O–H groups in total. The number of carbonyl (C=O) groups is 2. The number of rotatable bonds is 4. The molecular weight excluding hydrogens is 362 g/mol. The number of hydrogen-bond acceptors (Lipinski definition) is 3. The van der Waals surface area contributed by atoms with Crippen molar-refractivity contribution in [2.24, 2.45) is 0 Å². The molecule has 0 unspecified atom stereocenters. The molecule has 0 radical (unpaired) electrons. The second kappa shape index (κ2) is 8.37. The topological polar surface area (TPSA) is 52.7 Å². The van der Waals surface area contributed by atoms with Gasteiger partial charge in [0.1, 0.15) is 0 Å².